The molecule has 0 unspecified atom stereocenters. The predicted molar refractivity (Wildman–Crippen MR) is 108 cm³/mol. The van der Waals surface area contributed by atoms with Crippen LogP contribution in [0.25, 0.3) is 0 Å². The number of carbonyl (C=O) groups is 4. The third-order valence-corrected chi connectivity index (χ3v) is 4.73. The SMILES string of the molecule is CSCC[C@H](NC(=O)[C@@H](N)CS)C(=O)N[C@@H](C)C(=O)N[C@@H](CS)C(=O)O. The van der Waals surface area contributed by atoms with Crippen LogP contribution in [0.1, 0.15) is 13.3 Å². The maximum absolute atomic E-state index is 12.4. The van der Waals surface area contributed by atoms with Gasteiger partial charge in [-0.1, -0.05) is 0 Å². The van der Waals surface area contributed by atoms with E-state index in [-0.39, 0.29) is 11.5 Å². The Morgan fingerprint density at radius 1 is 1.00 bits per heavy atom. The van der Waals surface area contributed by atoms with Crippen LogP contribution in [-0.4, -0.2) is 76.5 Å². The van der Waals surface area contributed by atoms with E-state index >= 15 is 0 Å². The summed E-state index contributed by atoms with van der Waals surface area (Å²) in [5.41, 5.74) is 5.59. The van der Waals surface area contributed by atoms with Gasteiger partial charge in [0.15, 0.2) is 0 Å². The highest BCUT2D eigenvalue weighted by Crippen LogP contribution is 2.03. The molecule has 0 bridgehead atoms. The monoisotopic (exact) mass is 426 g/mol. The van der Waals surface area contributed by atoms with Gasteiger partial charge in [-0.3, -0.25) is 14.4 Å². The lowest BCUT2D eigenvalue weighted by molar-refractivity contribution is -0.141. The molecule has 0 rings (SSSR count). The largest absolute Gasteiger partial charge is 0.480 e. The number of hydrogen-bond donors (Lipinski definition) is 7. The first-order chi connectivity index (χ1) is 12.2. The van der Waals surface area contributed by atoms with Crippen molar-refractivity contribution in [2.75, 3.05) is 23.5 Å². The molecule has 3 amide bonds. The van der Waals surface area contributed by atoms with Crippen LogP contribution in [0, 0.1) is 0 Å². The Balaban J connectivity index is 4.86. The molecule has 0 fully saturated rings. The van der Waals surface area contributed by atoms with Crippen molar-refractivity contribution in [2.24, 2.45) is 5.73 Å². The summed E-state index contributed by atoms with van der Waals surface area (Å²) < 4.78 is 0. The van der Waals surface area contributed by atoms with Crippen LogP contribution in [0.2, 0.25) is 0 Å². The van der Waals surface area contributed by atoms with E-state index in [0.29, 0.717) is 12.2 Å². The van der Waals surface area contributed by atoms with E-state index in [1.165, 1.54) is 18.7 Å². The first kappa shape index (κ1) is 24.9. The highest BCUT2D eigenvalue weighted by Gasteiger charge is 2.27. The van der Waals surface area contributed by atoms with Crippen LogP contribution in [0.5, 0.6) is 0 Å². The average molecular weight is 427 g/mol. The lowest BCUT2D eigenvalue weighted by Gasteiger charge is -2.23. The molecule has 6 N–H and O–H groups in total. The molecule has 4 atom stereocenters. The molecule has 9 nitrogen and oxygen atoms in total. The fourth-order valence-electron chi connectivity index (χ4n) is 1.73. The van der Waals surface area contributed by atoms with Crippen molar-refractivity contribution < 1.29 is 24.3 Å². The third-order valence-electron chi connectivity index (χ3n) is 3.33. The van der Waals surface area contributed by atoms with Gasteiger partial charge in [0.1, 0.15) is 18.1 Å². The Morgan fingerprint density at radius 3 is 2.04 bits per heavy atom. The Hall–Kier alpha value is -1.11. The van der Waals surface area contributed by atoms with Crippen LogP contribution >= 0.6 is 37.0 Å². The Morgan fingerprint density at radius 2 is 1.58 bits per heavy atom. The van der Waals surface area contributed by atoms with E-state index in [1.807, 2.05) is 6.26 Å². The van der Waals surface area contributed by atoms with Crippen LogP contribution in [0.15, 0.2) is 0 Å². The van der Waals surface area contributed by atoms with E-state index in [0.717, 1.165) is 0 Å². The maximum Gasteiger partial charge on any atom is 0.327 e. The number of nitrogens with two attached hydrogens (primary N) is 1. The van der Waals surface area contributed by atoms with Crippen molar-refractivity contribution >= 4 is 60.7 Å². The summed E-state index contributed by atoms with van der Waals surface area (Å²) in [6.45, 7) is 1.41. The quantitative estimate of drug-likeness (QED) is 0.187. The maximum atomic E-state index is 12.4. The van der Waals surface area contributed by atoms with Gasteiger partial charge in [-0.25, -0.2) is 4.79 Å². The van der Waals surface area contributed by atoms with Gasteiger partial charge in [0, 0.05) is 11.5 Å². The summed E-state index contributed by atoms with van der Waals surface area (Å²) in [6, 6.07) is -3.87. The van der Waals surface area contributed by atoms with Crippen LogP contribution in [0.4, 0.5) is 0 Å². The van der Waals surface area contributed by atoms with Gasteiger partial charge in [0.05, 0.1) is 6.04 Å². The zero-order valence-corrected chi connectivity index (χ0v) is 17.2. The van der Waals surface area contributed by atoms with E-state index in [9.17, 15) is 19.2 Å². The van der Waals surface area contributed by atoms with Crippen molar-refractivity contribution in [1.82, 2.24) is 16.0 Å². The number of carboxylic acid groups (broad SMARTS) is 1. The van der Waals surface area contributed by atoms with E-state index < -0.39 is 47.9 Å². The minimum atomic E-state index is -1.22. The highest BCUT2D eigenvalue weighted by molar-refractivity contribution is 7.98. The summed E-state index contributed by atoms with van der Waals surface area (Å²) in [5, 5.41) is 16.2. The lowest BCUT2D eigenvalue weighted by Crippen LogP contribution is -2.56. The number of nitrogens with one attached hydrogen (secondary N) is 3. The predicted octanol–water partition coefficient (Wildman–Crippen LogP) is -1.51. The first-order valence-electron chi connectivity index (χ1n) is 7.78. The van der Waals surface area contributed by atoms with E-state index in [4.69, 9.17) is 10.8 Å². The molecule has 12 heteroatoms. The number of hydrogen-bond acceptors (Lipinski definition) is 8. The minimum Gasteiger partial charge on any atom is -0.480 e. The number of thiol groups is 2. The smallest absolute Gasteiger partial charge is 0.327 e. The van der Waals surface area contributed by atoms with Gasteiger partial charge in [0.2, 0.25) is 17.7 Å². The summed E-state index contributed by atoms with van der Waals surface area (Å²) in [4.78, 5) is 47.3. The van der Waals surface area contributed by atoms with Crippen molar-refractivity contribution in [2.45, 2.75) is 37.5 Å². The number of aliphatic carboxylic acids is 1. The molecular formula is C14H26N4O5S3. The van der Waals surface area contributed by atoms with Gasteiger partial charge in [-0.2, -0.15) is 37.0 Å². The second-order valence-electron chi connectivity index (χ2n) is 5.44. The zero-order chi connectivity index (χ0) is 20.3. The van der Waals surface area contributed by atoms with E-state index in [2.05, 4.69) is 41.2 Å². The van der Waals surface area contributed by atoms with Gasteiger partial charge < -0.3 is 26.8 Å². The molecule has 150 valence electrons. The third kappa shape index (κ3) is 9.01. The minimum absolute atomic E-state index is 0.0875. The molecule has 26 heavy (non-hydrogen) atoms. The normalized spacial score (nSPS) is 15.3. The number of rotatable bonds is 12. The van der Waals surface area contributed by atoms with Crippen molar-refractivity contribution in [3.63, 3.8) is 0 Å². The number of amides is 3. The van der Waals surface area contributed by atoms with Gasteiger partial charge >= 0.3 is 5.97 Å². The summed E-state index contributed by atoms with van der Waals surface area (Å²) >= 11 is 9.29. The molecule has 0 aliphatic heterocycles. The molecule has 0 heterocycles. The summed E-state index contributed by atoms with van der Waals surface area (Å²) in [7, 11) is 0. The number of carbonyl (C=O) groups excluding carboxylic acids is 3. The number of carboxylic acids is 1. The molecule has 0 aromatic carbocycles. The lowest BCUT2D eigenvalue weighted by atomic mass is 10.1. The van der Waals surface area contributed by atoms with Crippen LogP contribution in [-0.2, 0) is 19.2 Å². The Labute approximate surface area is 167 Å². The fraction of sp³-hybridized carbons (Fsp3) is 0.714. The summed E-state index contributed by atoms with van der Waals surface area (Å²) in [6.07, 6.45) is 2.20. The second kappa shape index (κ2) is 13.1. The van der Waals surface area contributed by atoms with E-state index in [1.54, 1.807) is 0 Å². The van der Waals surface area contributed by atoms with Gasteiger partial charge in [-0.15, -0.1) is 0 Å². The highest BCUT2D eigenvalue weighted by atomic mass is 32.2. The second-order valence-corrected chi connectivity index (χ2v) is 7.16. The molecule has 0 aliphatic carbocycles. The molecule has 0 spiro atoms. The molecular weight excluding hydrogens is 400 g/mol. The first-order valence-corrected chi connectivity index (χ1v) is 10.4. The molecule has 0 saturated carbocycles. The van der Waals surface area contributed by atoms with Crippen LogP contribution < -0.4 is 21.7 Å². The fourth-order valence-corrected chi connectivity index (χ4v) is 2.61. The Kier molecular flexibility index (Phi) is 12.6. The van der Waals surface area contributed by atoms with Gasteiger partial charge in [-0.05, 0) is 25.4 Å². The van der Waals surface area contributed by atoms with Crippen molar-refractivity contribution in [3.8, 4) is 0 Å². The standard InChI is InChI=1S/C14H26N4O5S3/c1-7(11(19)18-10(6-25)14(22)23)16-13(21)9(3-4-26-2)17-12(20)8(15)5-24/h7-10,24-25H,3-6,15H2,1-2H3,(H,16,21)(H,17,20)(H,18,19)(H,22,23)/t7-,8-,9-,10-/m0/s1. The molecule has 0 saturated heterocycles. The topological polar surface area (TPSA) is 151 Å². The molecule has 0 aliphatic rings. The zero-order valence-electron chi connectivity index (χ0n) is 14.6. The average Bonchev–Trinajstić information content (AvgIpc) is 2.61. The Bertz CT molecular complexity index is 509. The summed E-state index contributed by atoms with van der Waals surface area (Å²) in [5.74, 6) is -2.31. The van der Waals surface area contributed by atoms with Crippen molar-refractivity contribution in [3.05, 3.63) is 0 Å². The van der Waals surface area contributed by atoms with Crippen LogP contribution in [0.3, 0.4) is 0 Å². The number of thioether (sulfide) groups is 1. The van der Waals surface area contributed by atoms with Gasteiger partial charge in [0.25, 0.3) is 0 Å². The molecule has 0 radical (unpaired) electrons. The van der Waals surface area contributed by atoms with Crippen molar-refractivity contribution in [1.29, 1.82) is 0 Å². The molecule has 0 aromatic rings. The molecule has 0 aromatic heterocycles.